The minimum atomic E-state index is -4.01. The van der Waals surface area contributed by atoms with E-state index in [1.807, 2.05) is 31.2 Å². The molecule has 2 rings (SSSR count). The lowest BCUT2D eigenvalue weighted by molar-refractivity contribution is 0.0596. The second-order valence-electron chi connectivity index (χ2n) is 5.78. The second-order valence-corrected chi connectivity index (χ2v) is 8.76. The molecule has 1 aromatic heterocycles. The zero-order valence-electron chi connectivity index (χ0n) is 15.5. The number of thiophene rings is 1. The number of hydrogen-bond acceptors (Lipinski definition) is 7. The molecule has 0 aliphatic heterocycles. The first kappa shape index (κ1) is 21.1. The Kier molecular flexibility index (Phi) is 6.74. The number of esters is 2. The van der Waals surface area contributed by atoms with E-state index < -0.39 is 22.0 Å². The number of aryl methyl sites for hydroxylation is 1. The standard InChI is InChI=1S/C18H21NO6S2/c1-11-7-5-6-8-13(11)9-10-19-27(22,23)18-14(16(20)24-3)12(2)15(26-18)17(21)25-4/h5-8,19H,9-10H2,1-4H3. The Balaban J connectivity index is 2.32. The van der Waals surface area contributed by atoms with Gasteiger partial charge >= 0.3 is 11.9 Å². The molecule has 0 aliphatic rings. The first-order valence-electron chi connectivity index (χ1n) is 8.07. The summed E-state index contributed by atoms with van der Waals surface area (Å²) in [5.74, 6) is -1.53. The molecule has 0 saturated heterocycles. The number of carbonyl (C=O) groups excluding carboxylic acids is 2. The highest BCUT2D eigenvalue weighted by molar-refractivity contribution is 7.91. The molecule has 1 N–H and O–H groups in total. The van der Waals surface area contributed by atoms with E-state index in [9.17, 15) is 18.0 Å². The summed E-state index contributed by atoms with van der Waals surface area (Å²) in [5, 5.41) is 0. The van der Waals surface area contributed by atoms with Gasteiger partial charge in [-0.2, -0.15) is 0 Å². The van der Waals surface area contributed by atoms with Crippen LogP contribution in [0.25, 0.3) is 0 Å². The predicted molar refractivity (Wildman–Crippen MR) is 102 cm³/mol. The van der Waals surface area contributed by atoms with Gasteiger partial charge in [0.15, 0.2) is 4.21 Å². The molecule has 0 fully saturated rings. The van der Waals surface area contributed by atoms with Crippen molar-refractivity contribution in [2.75, 3.05) is 20.8 Å². The fourth-order valence-corrected chi connectivity index (χ4v) is 5.40. The molecule has 0 atom stereocenters. The first-order chi connectivity index (χ1) is 12.7. The van der Waals surface area contributed by atoms with Gasteiger partial charge in [0.25, 0.3) is 10.0 Å². The highest BCUT2D eigenvalue weighted by atomic mass is 32.2. The average Bonchev–Trinajstić information content (AvgIpc) is 3.00. The van der Waals surface area contributed by atoms with Gasteiger partial charge in [-0.1, -0.05) is 24.3 Å². The zero-order chi connectivity index (χ0) is 20.2. The number of hydrogen-bond donors (Lipinski definition) is 1. The van der Waals surface area contributed by atoms with Crippen molar-refractivity contribution in [2.45, 2.75) is 24.5 Å². The van der Waals surface area contributed by atoms with Crippen LogP contribution in [0.2, 0.25) is 0 Å². The Morgan fingerprint density at radius 2 is 1.70 bits per heavy atom. The molecule has 2 aromatic rings. The van der Waals surface area contributed by atoms with Crippen molar-refractivity contribution in [1.29, 1.82) is 0 Å². The molecular weight excluding hydrogens is 390 g/mol. The molecule has 7 nitrogen and oxygen atoms in total. The number of sulfonamides is 1. The maximum absolute atomic E-state index is 12.8. The van der Waals surface area contributed by atoms with Crippen LogP contribution in [-0.4, -0.2) is 41.1 Å². The Hall–Kier alpha value is -2.23. The largest absolute Gasteiger partial charge is 0.465 e. The van der Waals surface area contributed by atoms with E-state index in [4.69, 9.17) is 4.74 Å². The minimum absolute atomic E-state index is 0.0529. The van der Waals surface area contributed by atoms with Gasteiger partial charge in [-0.15, -0.1) is 11.3 Å². The molecule has 9 heteroatoms. The SMILES string of the molecule is COC(=O)c1sc(S(=O)(=O)NCCc2ccccc2C)c(C(=O)OC)c1C. The number of carbonyl (C=O) groups is 2. The van der Waals surface area contributed by atoms with Crippen LogP contribution in [0.15, 0.2) is 28.5 Å². The van der Waals surface area contributed by atoms with Crippen LogP contribution in [0.1, 0.15) is 36.7 Å². The monoisotopic (exact) mass is 411 g/mol. The molecule has 0 saturated carbocycles. The Bertz CT molecular complexity index is 962. The molecule has 0 radical (unpaired) electrons. The Labute approximate surface area is 162 Å². The van der Waals surface area contributed by atoms with Gasteiger partial charge in [-0.3, -0.25) is 0 Å². The van der Waals surface area contributed by atoms with E-state index >= 15 is 0 Å². The number of rotatable bonds is 7. The third-order valence-electron chi connectivity index (χ3n) is 4.07. The zero-order valence-corrected chi connectivity index (χ0v) is 17.1. The van der Waals surface area contributed by atoms with Crippen molar-refractivity contribution >= 4 is 33.3 Å². The minimum Gasteiger partial charge on any atom is -0.465 e. The molecule has 146 valence electrons. The summed E-state index contributed by atoms with van der Waals surface area (Å²) in [4.78, 5) is 24.1. The molecule has 1 aromatic carbocycles. The topological polar surface area (TPSA) is 98.8 Å². The van der Waals surface area contributed by atoms with Crippen LogP contribution >= 0.6 is 11.3 Å². The lowest BCUT2D eigenvalue weighted by Crippen LogP contribution is -2.27. The summed E-state index contributed by atoms with van der Waals surface area (Å²) in [6.45, 7) is 3.59. The van der Waals surface area contributed by atoms with Gasteiger partial charge in [-0.05, 0) is 37.0 Å². The summed E-state index contributed by atoms with van der Waals surface area (Å²) in [6, 6.07) is 7.67. The normalized spacial score (nSPS) is 11.3. The van der Waals surface area contributed by atoms with Crippen LogP contribution in [-0.2, 0) is 25.9 Å². The van der Waals surface area contributed by atoms with Crippen molar-refractivity contribution in [2.24, 2.45) is 0 Å². The van der Waals surface area contributed by atoms with Crippen molar-refractivity contribution in [3.8, 4) is 0 Å². The summed E-state index contributed by atoms with van der Waals surface area (Å²) in [5.41, 5.74) is 2.15. The highest BCUT2D eigenvalue weighted by Crippen LogP contribution is 2.33. The molecule has 0 amide bonds. The third kappa shape index (κ3) is 4.55. The van der Waals surface area contributed by atoms with E-state index in [2.05, 4.69) is 9.46 Å². The molecule has 0 bridgehead atoms. The number of ether oxygens (including phenoxy) is 2. The van der Waals surface area contributed by atoms with Crippen molar-refractivity contribution in [1.82, 2.24) is 4.72 Å². The van der Waals surface area contributed by atoms with E-state index in [1.54, 1.807) is 0 Å². The molecule has 27 heavy (non-hydrogen) atoms. The van der Waals surface area contributed by atoms with Crippen molar-refractivity contribution in [3.05, 3.63) is 51.4 Å². The Morgan fingerprint density at radius 1 is 1.07 bits per heavy atom. The maximum Gasteiger partial charge on any atom is 0.348 e. The van der Waals surface area contributed by atoms with E-state index in [-0.39, 0.29) is 26.8 Å². The van der Waals surface area contributed by atoms with Crippen LogP contribution in [0, 0.1) is 13.8 Å². The van der Waals surface area contributed by atoms with Crippen LogP contribution < -0.4 is 4.72 Å². The summed E-state index contributed by atoms with van der Waals surface area (Å²) < 4.78 is 37.1. The number of nitrogens with one attached hydrogen (secondary N) is 1. The molecule has 0 aliphatic carbocycles. The van der Waals surface area contributed by atoms with Crippen molar-refractivity contribution in [3.63, 3.8) is 0 Å². The summed E-state index contributed by atoms with van der Waals surface area (Å²) in [7, 11) is -1.67. The average molecular weight is 412 g/mol. The second kappa shape index (κ2) is 8.64. The van der Waals surface area contributed by atoms with Crippen LogP contribution in [0.4, 0.5) is 0 Å². The Morgan fingerprint density at radius 3 is 2.30 bits per heavy atom. The van der Waals surface area contributed by atoms with Crippen LogP contribution in [0.3, 0.4) is 0 Å². The van der Waals surface area contributed by atoms with Gasteiger partial charge in [0, 0.05) is 6.54 Å². The highest BCUT2D eigenvalue weighted by Gasteiger charge is 2.32. The van der Waals surface area contributed by atoms with Crippen molar-refractivity contribution < 1.29 is 27.5 Å². The van der Waals surface area contributed by atoms with E-state index in [0.717, 1.165) is 18.2 Å². The molecule has 1 heterocycles. The fraction of sp³-hybridized carbons (Fsp3) is 0.333. The summed E-state index contributed by atoms with van der Waals surface area (Å²) >= 11 is 0.693. The van der Waals surface area contributed by atoms with Gasteiger partial charge in [0.2, 0.25) is 0 Å². The fourth-order valence-electron chi connectivity index (χ4n) is 2.58. The first-order valence-corrected chi connectivity index (χ1v) is 10.4. The van der Waals surface area contributed by atoms with Gasteiger partial charge in [0.1, 0.15) is 4.88 Å². The molecule has 0 unspecified atom stereocenters. The number of benzene rings is 1. The van der Waals surface area contributed by atoms with Gasteiger partial charge < -0.3 is 9.47 Å². The number of methoxy groups -OCH3 is 2. The smallest absolute Gasteiger partial charge is 0.348 e. The van der Waals surface area contributed by atoms with E-state index in [0.29, 0.717) is 17.8 Å². The van der Waals surface area contributed by atoms with Gasteiger partial charge in [0.05, 0.1) is 19.8 Å². The van der Waals surface area contributed by atoms with Gasteiger partial charge in [-0.25, -0.2) is 22.7 Å². The van der Waals surface area contributed by atoms with Crippen LogP contribution in [0.5, 0.6) is 0 Å². The maximum atomic E-state index is 12.8. The predicted octanol–water partition coefficient (Wildman–Crippen LogP) is 2.46. The van der Waals surface area contributed by atoms with E-state index in [1.165, 1.54) is 14.0 Å². The molecule has 0 spiro atoms. The molecular formula is C18H21NO6S2. The quantitative estimate of drug-likeness (QED) is 0.703. The third-order valence-corrected chi connectivity index (χ3v) is 7.32. The lowest BCUT2D eigenvalue weighted by atomic mass is 10.1. The summed E-state index contributed by atoms with van der Waals surface area (Å²) in [6.07, 6.45) is 0.494. The lowest BCUT2D eigenvalue weighted by Gasteiger charge is -2.09.